The van der Waals surface area contributed by atoms with Crippen molar-refractivity contribution >= 4 is 39.1 Å². The Balaban J connectivity index is 2.60. The largest absolute Gasteiger partial charge is 0.495 e. The van der Waals surface area contributed by atoms with Crippen LogP contribution < -0.4 is 4.74 Å². The molecule has 0 aliphatic heterocycles. The number of hydrogen-bond donors (Lipinski definition) is 1. The van der Waals surface area contributed by atoms with Gasteiger partial charge in [-0.25, -0.2) is 4.98 Å². The molecule has 0 aliphatic rings. The normalized spacial score (nSPS) is 10.5. The summed E-state index contributed by atoms with van der Waals surface area (Å²) in [6.07, 6.45) is 1.58. The number of ether oxygens (including phenoxy) is 1. The van der Waals surface area contributed by atoms with Crippen LogP contribution in [-0.4, -0.2) is 17.1 Å². The predicted molar refractivity (Wildman–Crippen MR) is 68.3 cm³/mol. The average Bonchev–Trinajstić information content (AvgIpc) is 2.69. The highest BCUT2D eigenvalue weighted by molar-refractivity contribution is 9.10. The summed E-state index contributed by atoms with van der Waals surface area (Å²) < 4.78 is 5.83. The first kappa shape index (κ1) is 11.8. The van der Waals surface area contributed by atoms with Crippen molar-refractivity contribution < 1.29 is 4.74 Å². The molecule has 1 aromatic heterocycles. The number of aromatic amines is 1. The van der Waals surface area contributed by atoms with Crippen molar-refractivity contribution in [1.29, 1.82) is 0 Å². The SMILES string of the molecule is COc1ccc(-c2nc[nH]c2Br)c(Cl)c1Cl. The standard InChI is InChI=1S/C10H7BrCl2N2O/c1-16-6-3-2-5(7(12)8(6)13)9-10(11)15-4-14-9/h2-4H,1H3,(H,14,15). The third-order valence-electron chi connectivity index (χ3n) is 2.11. The van der Waals surface area contributed by atoms with E-state index in [0.717, 1.165) is 15.9 Å². The smallest absolute Gasteiger partial charge is 0.139 e. The van der Waals surface area contributed by atoms with E-state index < -0.39 is 0 Å². The molecular weight excluding hydrogens is 315 g/mol. The lowest BCUT2D eigenvalue weighted by atomic mass is 10.1. The maximum absolute atomic E-state index is 6.15. The fourth-order valence-corrected chi connectivity index (χ4v) is 2.24. The van der Waals surface area contributed by atoms with E-state index in [0.29, 0.717) is 15.8 Å². The lowest BCUT2D eigenvalue weighted by Gasteiger charge is -2.08. The Morgan fingerprint density at radius 3 is 2.62 bits per heavy atom. The average molecular weight is 322 g/mol. The Morgan fingerprint density at radius 1 is 1.31 bits per heavy atom. The van der Waals surface area contributed by atoms with Crippen molar-refractivity contribution in [2.75, 3.05) is 7.11 Å². The van der Waals surface area contributed by atoms with Gasteiger partial charge in [0.05, 0.1) is 18.5 Å². The molecule has 0 spiro atoms. The fourth-order valence-electron chi connectivity index (χ4n) is 1.34. The molecule has 1 heterocycles. The van der Waals surface area contributed by atoms with Gasteiger partial charge in [-0.05, 0) is 28.1 Å². The highest BCUT2D eigenvalue weighted by Gasteiger charge is 2.15. The quantitative estimate of drug-likeness (QED) is 0.902. The summed E-state index contributed by atoms with van der Waals surface area (Å²) in [6, 6.07) is 3.57. The number of halogens is 3. The van der Waals surface area contributed by atoms with Gasteiger partial charge in [0.2, 0.25) is 0 Å². The van der Waals surface area contributed by atoms with Gasteiger partial charge in [-0.2, -0.15) is 0 Å². The minimum Gasteiger partial charge on any atom is -0.495 e. The van der Waals surface area contributed by atoms with Crippen LogP contribution in [0.5, 0.6) is 5.75 Å². The van der Waals surface area contributed by atoms with E-state index in [1.807, 2.05) is 6.07 Å². The zero-order valence-electron chi connectivity index (χ0n) is 8.22. The van der Waals surface area contributed by atoms with Gasteiger partial charge < -0.3 is 9.72 Å². The lowest BCUT2D eigenvalue weighted by molar-refractivity contribution is 0.415. The van der Waals surface area contributed by atoms with E-state index in [1.165, 1.54) is 0 Å². The number of hydrogen-bond acceptors (Lipinski definition) is 2. The van der Waals surface area contributed by atoms with Gasteiger partial charge in [0, 0.05) is 5.56 Å². The van der Waals surface area contributed by atoms with Gasteiger partial charge in [-0.1, -0.05) is 23.2 Å². The van der Waals surface area contributed by atoms with Crippen LogP contribution in [0.3, 0.4) is 0 Å². The first-order valence-electron chi connectivity index (χ1n) is 4.36. The second-order valence-electron chi connectivity index (χ2n) is 3.01. The van der Waals surface area contributed by atoms with Crippen LogP contribution in [0.15, 0.2) is 23.1 Å². The zero-order valence-corrected chi connectivity index (χ0v) is 11.3. The van der Waals surface area contributed by atoms with Gasteiger partial charge in [0.15, 0.2) is 0 Å². The summed E-state index contributed by atoms with van der Waals surface area (Å²) in [6.45, 7) is 0. The summed E-state index contributed by atoms with van der Waals surface area (Å²) in [7, 11) is 1.54. The Hall–Kier alpha value is -0.710. The Kier molecular flexibility index (Phi) is 3.42. The number of nitrogens with one attached hydrogen (secondary N) is 1. The molecule has 0 fully saturated rings. The Labute approximate surface area is 111 Å². The molecule has 0 atom stereocenters. The molecule has 6 heteroatoms. The van der Waals surface area contributed by atoms with E-state index >= 15 is 0 Å². The summed E-state index contributed by atoms with van der Waals surface area (Å²) in [4.78, 5) is 7.07. The highest BCUT2D eigenvalue weighted by Crippen LogP contribution is 2.40. The molecule has 84 valence electrons. The van der Waals surface area contributed by atoms with Crippen molar-refractivity contribution in [1.82, 2.24) is 9.97 Å². The molecule has 16 heavy (non-hydrogen) atoms. The number of methoxy groups -OCH3 is 1. The first-order valence-corrected chi connectivity index (χ1v) is 5.91. The van der Waals surface area contributed by atoms with Crippen LogP contribution >= 0.6 is 39.1 Å². The van der Waals surface area contributed by atoms with Crippen molar-refractivity contribution in [3.8, 4) is 17.0 Å². The summed E-state index contributed by atoms with van der Waals surface area (Å²) in [5, 5.41) is 0.811. The van der Waals surface area contributed by atoms with Crippen LogP contribution in [0.2, 0.25) is 10.0 Å². The number of H-pyrrole nitrogens is 1. The molecule has 0 radical (unpaired) electrons. The van der Waals surface area contributed by atoms with Gasteiger partial charge in [-0.15, -0.1) is 0 Å². The molecular formula is C10H7BrCl2N2O. The van der Waals surface area contributed by atoms with Crippen LogP contribution in [0, 0.1) is 0 Å². The number of imidazole rings is 1. The van der Waals surface area contributed by atoms with E-state index in [2.05, 4.69) is 25.9 Å². The maximum atomic E-state index is 6.15. The lowest BCUT2D eigenvalue weighted by Crippen LogP contribution is -1.88. The second kappa shape index (κ2) is 4.65. The van der Waals surface area contributed by atoms with Gasteiger partial charge >= 0.3 is 0 Å². The minimum atomic E-state index is 0.386. The van der Waals surface area contributed by atoms with E-state index in [-0.39, 0.29) is 0 Å². The molecule has 1 aromatic carbocycles. The molecule has 0 unspecified atom stereocenters. The van der Waals surface area contributed by atoms with Crippen molar-refractivity contribution in [2.45, 2.75) is 0 Å². The molecule has 0 amide bonds. The molecule has 0 saturated heterocycles. The minimum absolute atomic E-state index is 0.386. The topological polar surface area (TPSA) is 37.9 Å². The van der Waals surface area contributed by atoms with Crippen LogP contribution in [0.1, 0.15) is 0 Å². The Morgan fingerprint density at radius 2 is 2.06 bits per heavy atom. The van der Waals surface area contributed by atoms with Crippen molar-refractivity contribution in [3.63, 3.8) is 0 Å². The molecule has 0 saturated carbocycles. The summed E-state index contributed by atoms with van der Waals surface area (Å²) in [5.41, 5.74) is 1.47. The highest BCUT2D eigenvalue weighted by atomic mass is 79.9. The number of nitrogens with zero attached hydrogens (tertiary/aromatic N) is 1. The second-order valence-corrected chi connectivity index (χ2v) is 4.56. The molecule has 3 nitrogen and oxygen atoms in total. The van der Waals surface area contributed by atoms with Gasteiger partial charge in [-0.3, -0.25) is 0 Å². The van der Waals surface area contributed by atoms with E-state index in [1.54, 1.807) is 19.5 Å². The third-order valence-corrected chi connectivity index (χ3v) is 3.58. The van der Waals surface area contributed by atoms with Crippen molar-refractivity contribution in [3.05, 3.63) is 33.1 Å². The van der Waals surface area contributed by atoms with Crippen LogP contribution in [0.4, 0.5) is 0 Å². The maximum Gasteiger partial charge on any atom is 0.139 e. The predicted octanol–water partition coefficient (Wildman–Crippen LogP) is 4.15. The van der Waals surface area contributed by atoms with Crippen LogP contribution in [-0.2, 0) is 0 Å². The number of rotatable bonds is 2. The Bertz CT molecular complexity index is 528. The number of benzene rings is 1. The van der Waals surface area contributed by atoms with Crippen LogP contribution in [0.25, 0.3) is 11.3 Å². The monoisotopic (exact) mass is 320 g/mol. The van der Waals surface area contributed by atoms with Gasteiger partial charge in [0.1, 0.15) is 21.1 Å². The van der Waals surface area contributed by atoms with E-state index in [4.69, 9.17) is 27.9 Å². The third kappa shape index (κ3) is 1.93. The molecule has 2 aromatic rings. The molecule has 1 N–H and O–H groups in total. The molecule has 0 aliphatic carbocycles. The number of aromatic nitrogens is 2. The van der Waals surface area contributed by atoms with Crippen molar-refractivity contribution in [2.24, 2.45) is 0 Å². The summed E-state index contributed by atoms with van der Waals surface area (Å²) in [5.74, 6) is 0.544. The van der Waals surface area contributed by atoms with Gasteiger partial charge in [0.25, 0.3) is 0 Å². The zero-order chi connectivity index (χ0) is 11.7. The summed E-state index contributed by atoms with van der Waals surface area (Å²) >= 11 is 15.6. The molecule has 0 bridgehead atoms. The molecule has 2 rings (SSSR count). The fraction of sp³-hybridized carbons (Fsp3) is 0.100. The first-order chi connectivity index (χ1) is 7.65. The van der Waals surface area contributed by atoms with E-state index in [9.17, 15) is 0 Å².